The first kappa shape index (κ1) is 19.2. The van der Waals surface area contributed by atoms with E-state index in [4.69, 9.17) is 4.52 Å². The van der Waals surface area contributed by atoms with E-state index in [2.05, 4.69) is 37.1 Å². The van der Waals surface area contributed by atoms with Crippen molar-refractivity contribution in [3.8, 4) is 0 Å². The van der Waals surface area contributed by atoms with Crippen LogP contribution in [0.3, 0.4) is 0 Å². The molecular formula is C19H34N6O. The van der Waals surface area contributed by atoms with E-state index < -0.39 is 0 Å². The van der Waals surface area contributed by atoms with Crippen molar-refractivity contribution in [2.45, 2.75) is 32.7 Å². The molecule has 0 aromatic carbocycles. The van der Waals surface area contributed by atoms with E-state index in [0.29, 0.717) is 0 Å². The molecule has 2 saturated heterocycles. The third-order valence-electron chi connectivity index (χ3n) is 5.56. The summed E-state index contributed by atoms with van der Waals surface area (Å²) in [5.74, 6) is 1.83. The number of aromatic nitrogens is 1. The molecule has 0 atom stereocenters. The van der Waals surface area contributed by atoms with Gasteiger partial charge in [-0.1, -0.05) is 12.1 Å². The van der Waals surface area contributed by atoms with Crippen LogP contribution < -0.4 is 5.32 Å². The lowest BCUT2D eigenvalue weighted by molar-refractivity contribution is 0.166. The third-order valence-corrected chi connectivity index (χ3v) is 5.56. The van der Waals surface area contributed by atoms with Crippen molar-refractivity contribution in [1.29, 1.82) is 0 Å². The molecule has 2 aliphatic rings. The van der Waals surface area contributed by atoms with E-state index in [-0.39, 0.29) is 0 Å². The van der Waals surface area contributed by atoms with E-state index in [1.807, 2.05) is 13.1 Å². The lowest BCUT2D eigenvalue weighted by Gasteiger charge is -2.37. The van der Waals surface area contributed by atoms with E-state index in [9.17, 15) is 0 Å². The molecule has 0 spiro atoms. The molecule has 7 heteroatoms. The van der Waals surface area contributed by atoms with Crippen molar-refractivity contribution < 1.29 is 4.52 Å². The summed E-state index contributed by atoms with van der Waals surface area (Å²) in [6.07, 6.45) is 5.51. The van der Waals surface area contributed by atoms with Gasteiger partial charge in [0, 0.05) is 52.4 Å². The first-order valence-corrected chi connectivity index (χ1v) is 10.1. The Kier molecular flexibility index (Phi) is 7.32. The number of aliphatic imine (C=N–C) groups is 1. The zero-order chi connectivity index (χ0) is 18.2. The number of hydrogen-bond donors (Lipinski definition) is 1. The Balaban J connectivity index is 1.37. The van der Waals surface area contributed by atoms with E-state index in [0.717, 1.165) is 56.8 Å². The van der Waals surface area contributed by atoms with Gasteiger partial charge in [0.15, 0.2) is 5.96 Å². The summed E-state index contributed by atoms with van der Waals surface area (Å²) in [6.45, 7) is 12.0. The van der Waals surface area contributed by atoms with Crippen LogP contribution in [0.1, 0.15) is 31.9 Å². The van der Waals surface area contributed by atoms with Crippen molar-refractivity contribution in [3.05, 3.63) is 18.0 Å². The number of rotatable bonds is 6. The van der Waals surface area contributed by atoms with Crippen molar-refractivity contribution in [2.24, 2.45) is 10.9 Å². The Labute approximate surface area is 157 Å². The third kappa shape index (κ3) is 5.45. The van der Waals surface area contributed by atoms with Gasteiger partial charge < -0.3 is 19.6 Å². The van der Waals surface area contributed by atoms with Crippen LogP contribution in [0.4, 0.5) is 0 Å². The van der Waals surface area contributed by atoms with Gasteiger partial charge >= 0.3 is 0 Å². The normalized spacial score (nSPS) is 21.3. The summed E-state index contributed by atoms with van der Waals surface area (Å²) in [5.41, 5.74) is 1.01. The molecule has 1 aromatic rings. The molecule has 1 aromatic heterocycles. The fourth-order valence-corrected chi connectivity index (χ4v) is 3.96. The molecule has 0 aliphatic carbocycles. The summed E-state index contributed by atoms with van der Waals surface area (Å²) in [4.78, 5) is 11.9. The lowest BCUT2D eigenvalue weighted by atomic mass is 9.97. The Morgan fingerprint density at radius 1 is 1.19 bits per heavy atom. The van der Waals surface area contributed by atoms with E-state index >= 15 is 0 Å². The number of guanidine groups is 1. The summed E-state index contributed by atoms with van der Waals surface area (Å²) < 4.78 is 4.92. The van der Waals surface area contributed by atoms with Crippen molar-refractivity contribution >= 4 is 5.96 Å². The molecule has 7 nitrogen and oxygen atoms in total. The van der Waals surface area contributed by atoms with Crippen LogP contribution in [0.5, 0.6) is 0 Å². The minimum absolute atomic E-state index is 0.772. The van der Waals surface area contributed by atoms with Crippen LogP contribution in [-0.4, -0.2) is 85.2 Å². The highest BCUT2D eigenvalue weighted by Gasteiger charge is 2.22. The average Bonchev–Trinajstić information content (AvgIpc) is 3.18. The van der Waals surface area contributed by atoms with Gasteiger partial charge in [-0.05, 0) is 44.8 Å². The summed E-state index contributed by atoms with van der Waals surface area (Å²) >= 11 is 0. The monoisotopic (exact) mass is 362 g/mol. The molecule has 0 saturated carbocycles. The maximum Gasteiger partial charge on any atom is 0.193 e. The molecule has 3 rings (SSSR count). The molecule has 0 bridgehead atoms. The first-order valence-electron chi connectivity index (χ1n) is 10.1. The van der Waals surface area contributed by atoms with Gasteiger partial charge in [0.1, 0.15) is 6.26 Å². The Hall–Kier alpha value is -1.60. The molecular weight excluding hydrogens is 328 g/mol. The number of piperidine rings is 1. The number of likely N-dealkylation sites (tertiary alicyclic amines) is 1. The van der Waals surface area contributed by atoms with Gasteiger partial charge in [-0.2, -0.15) is 0 Å². The smallest absolute Gasteiger partial charge is 0.193 e. The summed E-state index contributed by atoms with van der Waals surface area (Å²) in [5, 5.41) is 7.64. The Bertz CT molecular complexity index is 530. The topological polar surface area (TPSA) is 60.1 Å². The molecule has 146 valence electrons. The molecule has 2 aliphatic heterocycles. The zero-order valence-corrected chi connectivity index (χ0v) is 16.4. The summed E-state index contributed by atoms with van der Waals surface area (Å²) in [6, 6.07) is 1.94. The molecule has 26 heavy (non-hydrogen) atoms. The molecule has 1 N–H and O–H groups in total. The van der Waals surface area contributed by atoms with Crippen LogP contribution >= 0.6 is 0 Å². The van der Waals surface area contributed by atoms with Crippen LogP contribution in [0.15, 0.2) is 21.8 Å². The van der Waals surface area contributed by atoms with Crippen LogP contribution in [0, 0.1) is 5.92 Å². The summed E-state index contributed by atoms with van der Waals surface area (Å²) in [7, 11) is 1.90. The molecule has 3 heterocycles. The predicted octanol–water partition coefficient (Wildman–Crippen LogP) is 1.49. The second-order valence-corrected chi connectivity index (χ2v) is 7.47. The Morgan fingerprint density at radius 3 is 2.58 bits per heavy atom. The SMILES string of the molecule is CCCN1CCC(CNC(=NC)N2CCN(Cc3ccon3)CC2)CC1. The molecule has 0 unspecified atom stereocenters. The Morgan fingerprint density at radius 2 is 1.96 bits per heavy atom. The van der Waals surface area contributed by atoms with Crippen molar-refractivity contribution in [2.75, 3.05) is 59.4 Å². The fraction of sp³-hybridized carbons (Fsp3) is 0.789. The van der Waals surface area contributed by atoms with Crippen molar-refractivity contribution in [1.82, 2.24) is 25.2 Å². The van der Waals surface area contributed by atoms with Gasteiger partial charge in [0.25, 0.3) is 0 Å². The maximum absolute atomic E-state index is 4.92. The predicted molar refractivity (Wildman–Crippen MR) is 104 cm³/mol. The standard InChI is InChI=1S/C19H34N6O/c1-3-7-23-8-4-17(5-9-23)15-21-19(20-2)25-12-10-24(11-13-25)16-18-6-14-26-22-18/h6,14,17H,3-5,7-13,15-16H2,1-2H3,(H,20,21). The van der Waals surface area contributed by atoms with Gasteiger partial charge in [-0.3, -0.25) is 9.89 Å². The van der Waals surface area contributed by atoms with Crippen LogP contribution in [0.2, 0.25) is 0 Å². The number of hydrogen-bond acceptors (Lipinski definition) is 5. The first-order chi connectivity index (χ1) is 12.8. The molecule has 0 amide bonds. The quantitative estimate of drug-likeness (QED) is 0.611. The highest BCUT2D eigenvalue weighted by atomic mass is 16.5. The van der Waals surface area contributed by atoms with Gasteiger partial charge in [0.2, 0.25) is 0 Å². The fourth-order valence-electron chi connectivity index (χ4n) is 3.96. The number of nitrogens with one attached hydrogen (secondary N) is 1. The molecule has 0 radical (unpaired) electrons. The van der Waals surface area contributed by atoms with Gasteiger partial charge in [-0.15, -0.1) is 0 Å². The van der Waals surface area contributed by atoms with Crippen molar-refractivity contribution in [3.63, 3.8) is 0 Å². The van der Waals surface area contributed by atoms with E-state index in [1.165, 1.54) is 38.9 Å². The minimum Gasteiger partial charge on any atom is -0.364 e. The number of piperazine rings is 1. The van der Waals surface area contributed by atoms with Crippen LogP contribution in [-0.2, 0) is 6.54 Å². The highest BCUT2D eigenvalue weighted by molar-refractivity contribution is 5.80. The minimum atomic E-state index is 0.772. The average molecular weight is 363 g/mol. The van der Waals surface area contributed by atoms with Gasteiger partial charge in [0.05, 0.1) is 5.69 Å². The highest BCUT2D eigenvalue weighted by Crippen LogP contribution is 2.16. The zero-order valence-electron chi connectivity index (χ0n) is 16.4. The second-order valence-electron chi connectivity index (χ2n) is 7.47. The molecule has 2 fully saturated rings. The van der Waals surface area contributed by atoms with Gasteiger partial charge in [-0.25, -0.2) is 0 Å². The second kappa shape index (κ2) is 9.92. The maximum atomic E-state index is 4.92. The lowest BCUT2D eigenvalue weighted by Crippen LogP contribution is -2.53. The number of nitrogens with zero attached hydrogens (tertiary/aromatic N) is 5. The van der Waals surface area contributed by atoms with E-state index in [1.54, 1.807) is 6.26 Å². The largest absolute Gasteiger partial charge is 0.364 e. The van der Waals surface area contributed by atoms with Crippen LogP contribution in [0.25, 0.3) is 0 Å².